The third-order valence-corrected chi connectivity index (χ3v) is 4.35. The molecule has 2 aromatic rings. The van der Waals surface area contributed by atoms with Crippen LogP contribution in [0.3, 0.4) is 0 Å². The molecule has 2 aromatic carbocycles. The molecule has 0 spiro atoms. The highest BCUT2D eigenvalue weighted by molar-refractivity contribution is 5.75. The molecular weight excluding hydrogens is 376 g/mol. The van der Waals surface area contributed by atoms with Gasteiger partial charge in [0.05, 0.1) is 5.92 Å². The Labute approximate surface area is 182 Å². The van der Waals surface area contributed by atoms with E-state index < -0.39 is 11.9 Å². The number of carbonyl (C=O) groups is 1. The number of carboxylic acid groups (broad SMARTS) is 1. The van der Waals surface area contributed by atoms with Crippen LogP contribution >= 0.6 is 0 Å². The van der Waals surface area contributed by atoms with Crippen molar-refractivity contribution < 1.29 is 20.0 Å². The SMILES string of the molecule is C=Cc1ccc(CC(C)C)cc1.CC(C)Cc1ccc(C(C)C(=O)O)cc1.CO[O-]. The summed E-state index contributed by atoms with van der Waals surface area (Å²) in [5.41, 5.74) is 4.75. The van der Waals surface area contributed by atoms with E-state index in [1.807, 2.05) is 30.3 Å². The molecule has 0 amide bonds. The van der Waals surface area contributed by atoms with Crippen molar-refractivity contribution in [1.29, 1.82) is 0 Å². The first-order valence-corrected chi connectivity index (χ1v) is 10.3. The maximum absolute atomic E-state index is 10.8. The van der Waals surface area contributed by atoms with Crippen LogP contribution in [-0.2, 0) is 22.5 Å². The van der Waals surface area contributed by atoms with Gasteiger partial charge in [-0.25, -0.2) is 0 Å². The highest BCUT2D eigenvalue weighted by Crippen LogP contribution is 2.17. The van der Waals surface area contributed by atoms with Crippen LogP contribution in [0.4, 0.5) is 0 Å². The average Bonchev–Trinajstić information content (AvgIpc) is 2.69. The third kappa shape index (κ3) is 12.2. The summed E-state index contributed by atoms with van der Waals surface area (Å²) >= 11 is 0. The highest BCUT2D eigenvalue weighted by Gasteiger charge is 2.12. The molecule has 0 saturated carbocycles. The summed E-state index contributed by atoms with van der Waals surface area (Å²) in [6, 6.07) is 16.5. The Morgan fingerprint density at radius 1 is 0.933 bits per heavy atom. The van der Waals surface area contributed by atoms with Crippen molar-refractivity contribution in [2.24, 2.45) is 11.8 Å². The Morgan fingerprint density at radius 2 is 1.30 bits per heavy atom. The van der Waals surface area contributed by atoms with E-state index in [9.17, 15) is 4.79 Å². The first-order valence-electron chi connectivity index (χ1n) is 10.3. The normalized spacial score (nSPS) is 11.1. The summed E-state index contributed by atoms with van der Waals surface area (Å²) in [5.74, 6) is 0.178. The van der Waals surface area contributed by atoms with Crippen LogP contribution in [-0.4, -0.2) is 18.2 Å². The Kier molecular flexibility index (Phi) is 14.2. The van der Waals surface area contributed by atoms with Crippen LogP contribution in [0.5, 0.6) is 0 Å². The van der Waals surface area contributed by atoms with Gasteiger partial charge in [-0.2, -0.15) is 0 Å². The molecule has 4 heteroatoms. The molecule has 166 valence electrons. The van der Waals surface area contributed by atoms with E-state index in [4.69, 9.17) is 10.4 Å². The van der Waals surface area contributed by atoms with Crippen molar-refractivity contribution in [1.82, 2.24) is 0 Å². The van der Waals surface area contributed by atoms with E-state index in [0.717, 1.165) is 31.4 Å². The van der Waals surface area contributed by atoms with Crippen LogP contribution in [0.15, 0.2) is 55.1 Å². The molecule has 0 saturated heterocycles. The molecule has 4 nitrogen and oxygen atoms in total. The van der Waals surface area contributed by atoms with Crippen LogP contribution in [0, 0.1) is 11.8 Å². The number of hydrogen-bond donors (Lipinski definition) is 1. The van der Waals surface area contributed by atoms with Gasteiger partial charge in [-0.1, -0.05) is 88.9 Å². The molecule has 1 unspecified atom stereocenters. The van der Waals surface area contributed by atoms with Gasteiger partial charge in [0.15, 0.2) is 0 Å². The molecule has 2 rings (SSSR count). The molecule has 0 fully saturated rings. The number of rotatable bonds is 7. The van der Waals surface area contributed by atoms with E-state index in [1.54, 1.807) is 6.92 Å². The van der Waals surface area contributed by atoms with Crippen LogP contribution in [0.2, 0.25) is 0 Å². The number of benzene rings is 2. The predicted octanol–water partition coefficient (Wildman–Crippen LogP) is 5.51. The Hall–Kier alpha value is -2.43. The second-order valence-electron chi connectivity index (χ2n) is 8.11. The average molecular weight is 414 g/mol. The molecule has 1 N–H and O–H groups in total. The minimum atomic E-state index is -0.772. The fourth-order valence-electron chi connectivity index (χ4n) is 2.82. The second-order valence-corrected chi connectivity index (χ2v) is 8.11. The van der Waals surface area contributed by atoms with Gasteiger partial charge in [-0.3, -0.25) is 4.79 Å². The Bertz CT molecular complexity index is 716. The Balaban J connectivity index is 0.000000505. The van der Waals surface area contributed by atoms with E-state index in [2.05, 4.69) is 63.4 Å². The highest BCUT2D eigenvalue weighted by atomic mass is 17.1. The standard InChI is InChI=1S/C13H18O2.C12H16.CH4O2/c1-9(2)8-11-4-6-12(7-5-11)10(3)13(14)15;1-4-11-5-7-12(8-6-11)9-10(2)3;1-3-2/h4-7,9-10H,8H2,1-3H3,(H,14,15);4-8,10H,1,9H2,2-3H3;2H,1H3/p-1. The summed E-state index contributed by atoms with van der Waals surface area (Å²) in [5, 5.41) is 17.3. The van der Waals surface area contributed by atoms with E-state index >= 15 is 0 Å². The van der Waals surface area contributed by atoms with E-state index in [0.29, 0.717) is 5.92 Å². The largest absolute Gasteiger partial charge is 0.724 e. The summed E-state index contributed by atoms with van der Waals surface area (Å²) in [7, 11) is 1.07. The van der Waals surface area contributed by atoms with Gasteiger partial charge in [0, 0.05) is 7.11 Å². The fraction of sp³-hybridized carbons (Fsp3) is 0.423. The van der Waals surface area contributed by atoms with Gasteiger partial charge in [-0.15, -0.1) is 0 Å². The topological polar surface area (TPSA) is 69.6 Å². The number of hydrogen-bond acceptors (Lipinski definition) is 3. The van der Waals surface area contributed by atoms with Crippen molar-refractivity contribution in [3.05, 3.63) is 77.4 Å². The van der Waals surface area contributed by atoms with E-state index in [1.165, 1.54) is 16.7 Å². The molecular formula is C26H37O4-. The fourth-order valence-corrected chi connectivity index (χ4v) is 2.82. The number of carboxylic acids is 1. The molecule has 0 aromatic heterocycles. The van der Waals surface area contributed by atoms with Gasteiger partial charge < -0.3 is 15.3 Å². The van der Waals surface area contributed by atoms with Crippen LogP contribution in [0.25, 0.3) is 6.08 Å². The van der Waals surface area contributed by atoms with Crippen LogP contribution in [0.1, 0.15) is 62.8 Å². The molecule has 0 aliphatic carbocycles. The van der Waals surface area contributed by atoms with Gasteiger partial charge >= 0.3 is 5.97 Å². The molecule has 30 heavy (non-hydrogen) atoms. The smallest absolute Gasteiger partial charge is 0.310 e. The summed E-state index contributed by atoms with van der Waals surface area (Å²) in [4.78, 5) is 13.8. The maximum atomic E-state index is 10.8. The molecule has 0 bridgehead atoms. The maximum Gasteiger partial charge on any atom is 0.310 e. The lowest BCUT2D eigenvalue weighted by molar-refractivity contribution is -0.679. The molecule has 0 heterocycles. The lowest BCUT2D eigenvalue weighted by Gasteiger charge is -2.09. The van der Waals surface area contributed by atoms with Gasteiger partial charge in [0.25, 0.3) is 0 Å². The van der Waals surface area contributed by atoms with E-state index in [-0.39, 0.29) is 0 Å². The third-order valence-electron chi connectivity index (χ3n) is 4.35. The summed E-state index contributed by atoms with van der Waals surface area (Å²) in [6.07, 6.45) is 4.08. The zero-order valence-electron chi connectivity index (χ0n) is 19.2. The van der Waals surface area contributed by atoms with Gasteiger partial charge in [-0.05, 0) is 53.9 Å². The molecule has 0 aliphatic heterocycles. The van der Waals surface area contributed by atoms with Gasteiger partial charge in [0.1, 0.15) is 0 Å². The Morgan fingerprint density at radius 3 is 1.60 bits per heavy atom. The molecule has 0 aliphatic rings. The van der Waals surface area contributed by atoms with Crippen molar-refractivity contribution >= 4 is 12.0 Å². The lowest BCUT2D eigenvalue weighted by atomic mass is 9.97. The molecule has 0 radical (unpaired) electrons. The van der Waals surface area contributed by atoms with Gasteiger partial charge in [0.2, 0.25) is 0 Å². The summed E-state index contributed by atoms with van der Waals surface area (Å²) in [6.45, 7) is 14.3. The first kappa shape index (κ1) is 27.6. The minimum Gasteiger partial charge on any atom is -0.724 e. The minimum absolute atomic E-state index is 0.418. The monoisotopic (exact) mass is 413 g/mol. The van der Waals surface area contributed by atoms with Crippen molar-refractivity contribution in [3.8, 4) is 0 Å². The van der Waals surface area contributed by atoms with Crippen LogP contribution < -0.4 is 5.26 Å². The lowest BCUT2D eigenvalue weighted by Crippen LogP contribution is -2.07. The first-order chi connectivity index (χ1) is 14.1. The number of aliphatic carboxylic acids is 1. The zero-order chi connectivity index (χ0) is 23.1. The second kappa shape index (κ2) is 15.4. The predicted molar refractivity (Wildman–Crippen MR) is 123 cm³/mol. The zero-order valence-corrected chi connectivity index (χ0v) is 19.2. The molecule has 1 atom stereocenters. The quantitative estimate of drug-likeness (QED) is 0.480. The van der Waals surface area contributed by atoms with Crippen molar-refractivity contribution in [3.63, 3.8) is 0 Å². The summed E-state index contributed by atoms with van der Waals surface area (Å²) < 4.78 is 0. The van der Waals surface area contributed by atoms with Crippen molar-refractivity contribution in [2.45, 2.75) is 53.4 Å². The van der Waals surface area contributed by atoms with Crippen molar-refractivity contribution in [2.75, 3.05) is 7.11 Å².